The Labute approximate surface area is 149 Å². The zero-order valence-corrected chi connectivity index (χ0v) is 14.2. The molecule has 0 spiro atoms. The van der Waals surface area contributed by atoms with Gasteiger partial charge in [-0.1, -0.05) is 0 Å². The van der Waals surface area contributed by atoms with Crippen LogP contribution in [0.2, 0.25) is 0 Å². The summed E-state index contributed by atoms with van der Waals surface area (Å²) in [7, 11) is 0. The lowest BCUT2D eigenvalue weighted by atomic mass is 9.99. The normalized spacial score (nSPS) is 45.9. The van der Waals surface area contributed by atoms with Crippen molar-refractivity contribution >= 4 is 0 Å². The second kappa shape index (κ2) is 10.2. The van der Waals surface area contributed by atoms with Crippen LogP contribution in [0.1, 0.15) is 6.92 Å². The molecular formula is C14H28O12. The van der Waals surface area contributed by atoms with Gasteiger partial charge in [0.2, 0.25) is 5.79 Å². The summed E-state index contributed by atoms with van der Waals surface area (Å²) in [6.45, 7) is -0.390. The van der Waals surface area contributed by atoms with Crippen molar-refractivity contribution in [2.24, 2.45) is 0 Å². The van der Waals surface area contributed by atoms with Gasteiger partial charge in [-0.25, -0.2) is 0 Å². The van der Waals surface area contributed by atoms with Crippen LogP contribution in [-0.4, -0.2) is 127 Å². The zero-order chi connectivity index (χ0) is 20.1. The smallest absolute Gasteiger partial charge is 0.219 e. The Bertz CT molecular complexity index is 409. The maximum absolute atomic E-state index is 10.00. The van der Waals surface area contributed by atoms with E-state index in [2.05, 4.69) is 0 Å². The van der Waals surface area contributed by atoms with E-state index in [1.807, 2.05) is 0 Å². The molecule has 12 heteroatoms. The highest BCUT2D eigenvalue weighted by Crippen LogP contribution is 2.33. The molecule has 2 aliphatic rings. The molecule has 0 saturated carbocycles. The van der Waals surface area contributed by atoms with Crippen LogP contribution in [0.5, 0.6) is 0 Å². The van der Waals surface area contributed by atoms with Crippen molar-refractivity contribution in [3.05, 3.63) is 0 Å². The summed E-state index contributed by atoms with van der Waals surface area (Å²) >= 11 is 0. The number of rotatable bonds is 5. The fourth-order valence-electron chi connectivity index (χ4n) is 2.63. The van der Waals surface area contributed by atoms with Crippen molar-refractivity contribution in [2.75, 3.05) is 26.4 Å². The largest absolute Gasteiger partial charge is 0.397 e. The van der Waals surface area contributed by atoms with Crippen LogP contribution >= 0.6 is 0 Å². The SMILES string of the molecule is CCO.OC[C@H]1O[C@@H](O[C@@H]2[C@@H](CO)O[C@](O)(CO)[C@H]2O)[C@H](O)[C@@H](O)[C@H]1O. The first-order valence-electron chi connectivity index (χ1n) is 8.07. The van der Waals surface area contributed by atoms with E-state index in [1.54, 1.807) is 6.92 Å². The van der Waals surface area contributed by atoms with Gasteiger partial charge in [0.15, 0.2) is 6.29 Å². The third-order valence-electron chi connectivity index (χ3n) is 4.04. The Hall–Kier alpha value is -0.480. The molecule has 2 heterocycles. The van der Waals surface area contributed by atoms with E-state index in [9.17, 15) is 30.6 Å². The topological polar surface area (TPSA) is 210 Å². The number of hydrogen-bond acceptors (Lipinski definition) is 12. The van der Waals surface area contributed by atoms with Crippen molar-refractivity contribution in [1.82, 2.24) is 0 Å². The second-order valence-corrected chi connectivity index (χ2v) is 5.90. The lowest BCUT2D eigenvalue weighted by Crippen LogP contribution is -2.60. The van der Waals surface area contributed by atoms with Gasteiger partial charge in [0, 0.05) is 6.61 Å². The van der Waals surface area contributed by atoms with Gasteiger partial charge in [0.25, 0.3) is 0 Å². The minimum atomic E-state index is -2.37. The van der Waals surface area contributed by atoms with E-state index in [0.717, 1.165) is 0 Å². The molecule has 9 atom stereocenters. The van der Waals surface area contributed by atoms with Gasteiger partial charge < -0.3 is 60.2 Å². The molecule has 2 aliphatic heterocycles. The molecule has 0 unspecified atom stereocenters. The maximum Gasteiger partial charge on any atom is 0.219 e. The summed E-state index contributed by atoms with van der Waals surface area (Å²) in [4.78, 5) is 0. The molecule has 26 heavy (non-hydrogen) atoms. The molecule has 0 aromatic rings. The first-order chi connectivity index (χ1) is 12.2. The van der Waals surface area contributed by atoms with Gasteiger partial charge in [0.1, 0.15) is 42.7 Å². The Kier molecular flexibility index (Phi) is 9.22. The van der Waals surface area contributed by atoms with E-state index in [0.29, 0.717) is 0 Å². The van der Waals surface area contributed by atoms with Crippen molar-refractivity contribution in [3.63, 3.8) is 0 Å². The standard InChI is InChI=1S/C12H22O11.C2H6O/c13-1-4-6(16)7(17)8(18)11(21-4)22-9-5(2-14)23-12(20,3-15)10(9)19;1-2-3/h4-11,13-20H,1-3H2;3H,2H2,1H3/t4-,5-,6+,7+,8-,9-,10+,11+,12-;/m1./s1. The van der Waals surface area contributed by atoms with Gasteiger partial charge in [0.05, 0.1) is 19.8 Å². The quantitative estimate of drug-likeness (QED) is 0.216. The summed E-state index contributed by atoms with van der Waals surface area (Å²) in [5, 5.41) is 84.1. The van der Waals surface area contributed by atoms with E-state index in [-0.39, 0.29) is 6.61 Å². The van der Waals surface area contributed by atoms with Crippen LogP contribution in [0.3, 0.4) is 0 Å². The Morgan fingerprint density at radius 2 is 1.42 bits per heavy atom. The van der Waals surface area contributed by atoms with Gasteiger partial charge in [-0.3, -0.25) is 0 Å². The minimum Gasteiger partial charge on any atom is -0.397 e. The highest BCUT2D eigenvalue weighted by atomic mass is 16.7. The molecule has 0 aromatic heterocycles. The molecule has 0 aromatic carbocycles. The highest BCUT2D eigenvalue weighted by molar-refractivity contribution is 4.98. The minimum absolute atomic E-state index is 0.250. The van der Waals surface area contributed by atoms with E-state index >= 15 is 0 Å². The molecule has 9 N–H and O–H groups in total. The van der Waals surface area contributed by atoms with Crippen LogP contribution in [0.25, 0.3) is 0 Å². The summed E-state index contributed by atoms with van der Waals surface area (Å²) in [5.74, 6) is -2.37. The lowest BCUT2D eigenvalue weighted by molar-refractivity contribution is -0.318. The summed E-state index contributed by atoms with van der Waals surface area (Å²) in [5.41, 5.74) is 0. The van der Waals surface area contributed by atoms with Gasteiger partial charge >= 0.3 is 0 Å². The maximum atomic E-state index is 10.00. The van der Waals surface area contributed by atoms with Crippen LogP contribution in [0.4, 0.5) is 0 Å². The fraction of sp³-hybridized carbons (Fsp3) is 1.00. The van der Waals surface area contributed by atoms with Crippen molar-refractivity contribution in [3.8, 4) is 0 Å². The van der Waals surface area contributed by atoms with Crippen molar-refractivity contribution in [2.45, 2.75) is 61.7 Å². The van der Waals surface area contributed by atoms with Crippen LogP contribution in [-0.2, 0) is 14.2 Å². The lowest BCUT2D eigenvalue weighted by Gasteiger charge is -2.41. The predicted octanol–water partition coefficient (Wildman–Crippen LogP) is -5.40. The third kappa shape index (κ3) is 4.86. The Balaban J connectivity index is 0.00000105. The Morgan fingerprint density at radius 1 is 0.885 bits per heavy atom. The predicted molar refractivity (Wildman–Crippen MR) is 81.4 cm³/mol. The third-order valence-corrected chi connectivity index (χ3v) is 4.04. The molecule has 2 rings (SSSR count). The van der Waals surface area contributed by atoms with Crippen LogP contribution in [0, 0.1) is 0 Å². The fourth-order valence-corrected chi connectivity index (χ4v) is 2.63. The molecule has 0 radical (unpaired) electrons. The second-order valence-electron chi connectivity index (χ2n) is 5.90. The number of hydrogen-bond donors (Lipinski definition) is 9. The van der Waals surface area contributed by atoms with Crippen LogP contribution in [0.15, 0.2) is 0 Å². The number of aliphatic hydroxyl groups is 9. The average Bonchev–Trinajstić information content (AvgIpc) is 2.87. The zero-order valence-electron chi connectivity index (χ0n) is 14.2. The molecule has 0 aliphatic carbocycles. The van der Waals surface area contributed by atoms with E-state index in [4.69, 9.17) is 29.5 Å². The number of ether oxygens (including phenoxy) is 3. The van der Waals surface area contributed by atoms with Gasteiger partial charge in [-0.2, -0.15) is 0 Å². The Morgan fingerprint density at radius 3 is 1.88 bits per heavy atom. The van der Waals surface area contributed by atoms with Gasteiger partial charge in [-0.15, -0.1) is 0 Å². The van der Waals surface area contributed by atoms with Crippen molar-refractivity contribution in [1.29, 1.82) is 0 Å². The molecule has 12 nitrogen and oxygen atoms in total. The molecule has 2 saturated heterocycles. The monoisotopic (exact) mass is 388 g/mol. The summed E-state index contributed by atoms with van der Waals surface area (Å²) < 4.78 is 15.3. The average molecular weight is 388 g/mol. The first-order valence-corrected chi connectivity index (χ1v) is 8.07. The van der Waals surface area contributed by atoms with E-state index < -0.39 is 74.6 Å². The molecule has 0 bridgehead atoms. The highest BCUT2D eigenvalue weighted by Gasteiger charge is 2.56. The molecule has 0 amide bonds. The summed E-state index contributed by atoms with van der Waals surface area (Å²) in [6, 6.07) is 0. The molecule has 2 fully saturated rings. The number of aliphatic hydroxyl groups excluding tert-OH is 8. The molecule has 156 valence electrons. The van der Waals surface area contributed by atoms with Crippen LogP contribution < -0.4 is 0 Å². The first kappa shape index (κ1) is 23.6. The van der Waals surface area contributed by atoms with E-state index in [1.165, 1.54) is 0 Å². The molecular weight excluding hydrogens is 360 g/mol. The van der Waals surface area contributed by atoms with Crippen molar-refractivity contribution < 1.29 is 60.2 Å². The summed E-state index contributed by atoms with van der Waals surface area (Å²) in [6.07, 6.45) is -12.2. The van der Waals surface area contributed by atoms with Gasteiger partial charge in [-0.05, 0) is 6.92 Å².